The lowest BCUT2D eigenvalue weighted by Gasteiger charge is -2.06. The maximum absolute atomic E-state index is 9.87. The van der Waals surface area contributed by atoms with E-state index in [1.807, 2.05) is 12.1 Å². The number of thiophene rings is 1. The Hall–Kier alpha value is -3.12. The van der Waals surface area contributed by atoms with Crippen molar-refractivity contribution in [1.29, 1.82) is 0 Å². The third-order valence-electron chi connectivity index (χ3n) is 6.05. The summed E-state index contributed by atoms with van der Waals surface area (Å²) >= 11 is 1.68. The van der Waals surface area contributed by atoms with Crippen LogP contribution in [0.2, 0.25) is 0 Å². The third kappa shape index (κ3) is 2.47. The van der Waals surface area contributed by atoms with Crippen LogP contribution in [0.5, 0.6) is 0 Å². The first-order valence-electron chi connectivity index (χ1n) is 9.91. The van der Waals surface area contributed by atoms with E-state index in [9.17, 15) is 10.0 Å². The SMILES string of the molecule is Cn1c2ccccc2c2cc(-c3ccc4sc5cccc(B(O)O)c5c4c3)ccc21. The molecular formula is C25H18BNO2S. The smallest absolute Gasteiger partial charge is 0.423 e. The number of benzene rings is 4. The molecule has 30 heavy (non-hydrogen) atoms. The molecule has 0 atom stereocenters. The highest BCUT2D eigenvalue weighted by molar-refractivity contribution is 7.26. The molecule has 0 amide bonds. The minimum Gasteiger partial charge on any atom is -0.423 e. The number of hydrogen-bond acceptors (Lipinski definition) is 3. The molecule has 2 heterocycles. The van der Waals surface area contributed by atoms with E-state index < -0.39 is 7.12 Å². The average Bonchev–Trinajstić information content (AvgIpc) is 3.28. The highest BCUT2D eigenvalue weighted by Crippen LogP contribution is 2.37. The lowest BCUT2D eigenvalue weighted by molar-refractivity contribution is 0.426. The Labute approximate surface area is 177 Å². The van der Waals surface area contributed by atoms with Crippen molar-refractivity contribution in [2.45, 2.75) is 0 Å². The first-order valence-corrected chi connectivity index (χ1v) is 10.7. The Morgan fingerprint density at radius 2 is 1.43 bits per heavy atom. The largest absolute Gasteiger partial charge is 0.489 e. The van der Waals surface area contributed by atoms with E-state index in [0.29, 0.717) is 5.46 Å². The molecular weight excluding hydrogens is 389 g/mol. The fourth-order valence-corrected chi connectivity index (χ4v) is 5.72. The number of nitrogens with zero attached hydrogens (tertiary/aromatic N) is 1. The summed E-state index contributed by atoms with van der Waals surface area (Å²) in [5, 5.41) is 24.2. The van der Waals surface area contributed by atoms with Crippen LogP contribution in [0.4, 0.5) is 0 Å². The predicted molar refractivity (Wildman–Crippen MR) is 129 cm³/mol. The van der Waals surface area contributed by atoms with Gasteiger partial charge in [0.2, 0.25) is 0 Å². The molecule has 0 radical (unpaired) electrons. The van der Waals surface area contributed by atoms with Crippen LogP contribution in [-0.2, 0) is 7.05 Å². The van der Waals surface area contributed by atoms with Gasteiger partial charge in [0, 0.05) is 49.0 Å². The summed E-state index contributed by atoms with van der Waals surface area (Å²) < 4.78 is 4.45. The Bertz CT molecular complexity index is 1600. The Balaban J connectivity index is 1.62. The number of rotatable bonds is 2. The van der Waals surface area contributed by atoms with Gasteiger partial charge >= 0.3 is 7.12 Å². The van der Waals surface area contributed by atoms with E-state index in [4.69, 9.17) is 0 Å². The summed E-state index contributed by atoms with van der Waals surface area (Å²) in [6.07, 6.45) is 0. The van der Waals surface area contributed by atoms with Gasteiger partial charge in [0.1, 0.15) is 0 Å². The maximum atomic E-state index is 9.87. The summed E-state index contributed by atoms with van der Waals surface area (Å²) in [4.78, 5) is 0. The first kappa shape index (κ1) is 17.7. The highest BCUT2D eigenvalue weighted by Gasteiger charge is 2.18. The Morgan fingerprint density at radius 3 is 2.27 bits per heavy atom. The van der Waals surface area contributed by atoms with Gasteiger partial charge in [0.05, 0.1) is 0 Å². The molecule has 4 aromatic carbocycles. The molecule has 3 nitrogen and oxygen atoms in total. The first-order chi connectivity index (χ1) is 14.6. The summed E-state index contributed by atoms with van der Waals surface area (Å²) in [6.45, 7) is 0. The second-order valence-corrected chi connectivity index (χ2v) is 8.80. The standard InChI is InChI=1S/C25H18BNO2S/c1-27-21-7-3-2-5-17(21)18-13-15(9-11-22(18)27)16-10-12-23-19(14-16)25-20(26(28)29)6-4-8-24(25)30-23/h2-14,28-29H,1H3. The molecule has 0 aliphatic rings. The fourth-order valence-electron chi connectivity index (χ4n) is 4.60. The lowest BCUT2D eigenvalue weighted by Crippen LogP contribution is -2.30. The number of fused-ring (bicyclic) bond motifs is 6. The van der Waals surface area contributed by atoms with E-state index in [1.165, 1.54) is 21.8 Å². The molecule has 2 aromatic heterocycles. The molecule has 0 aliphatic heterocycles. The van der Waals surface area contributed by atoms with E-state index in [1.54, 1.807) is 17.4 Å². The summed E-state index contributed by atoms with van der Waals surface area (Å²) in [7, 11) is 0.623. The van der Waals surface area contributed by atoms with Crippen molar-refractivity contribution >= 4 is 65.9 Å². The molecule has 6 rings (SSSR count). The van der Waals surface area contributed by atoms with E-state index in [2.05, 4.69) is 72.3 Å². The molecule has 144 valence electrons. The third-order valence-corrected chi connectivity index (χ3v) is 7.19. The van der Waals surface area contributed by atoms with Crippen molar-refractivity contribution in [2.24, 2.45) is 7.05 Å². The molecule has 0 unspecified atom stereocenters. The van der Waals surface area contributed by atoms with Crippen LogP contribution in [0, 0.1) is 0 Å². The molecule has 0 saturated heterocycles. The quantitative estimate of drug-likeness (QED) is 0.395. The summed E-state index contributed by atoms with van der Waals surface area (Å²) in [5.74, 6) is 0. The highest BCUT2D eigenvalue weighted by atomic mass is 32.1. The van der Waals surface area contributed by atoms with Crippen LogP contribution < -0.4 is 5.46 Å². The Kier molecular flexibility index (Phi) is 3.80. The number of aromatic nitrogens is 1. The van der Waals surface area contributed by atoms with Crippen molar-refractivity contribution in [3.63, 3.8) is 0 Å². The number of para-hydroxylation sites is 1. The minimum absolute atomic E-state index is 0.556. The molecule has 0 fully saturated rings. The van der Waals surface area contributed by atoms with Crippen LogP contribution in [0.15, 0.2) is 78.9 Å². The zero-order valence-electron chi connectivity index (χ0n) is 16.3. The van der Waals surface area contributed by atoms with Gasteiger partial charge < -0.3 is 14.6 Å². The summed E-state index contributed by atoms with van der Waals surface area (Å²) in [6, 6.07) is 27.2. The van der Waals surface area contributed by atoms with E-state index in [0.717, 1.165) is 31.3 Å². The second-order valence-electron chi connectivity index (χ2n) is 7.72. The van der Waals surface area contributed by atoms with Gasteiger partial charge in [-0.15, -0.1) is 11.3 Å². The predicted octanol–water partition coefficient (Wildman–Crippen LogP) is 5.05. The molecule has 0 saturated carbocycles. The number of aryl methyl sites for hydroxylation is 1. The molecule has 6 aromatic rings. The lowest BCUT2D eigenvalue weighted by atomic mass is 9.77. The topological polar surface area (TPSA) is 45.4 Å². The van der Waals surface area contributed by atoms with Crippen LogP contribution in [0.25, 0.3) is 53.1 Å². The average molecular weight is 407 g/mol. The van der Waals surface area contributed by atoms with Crippen LogP contribution in [0.3, 0.4) is 0 Å². The second kappa shape index (κ2) is 6.44. The van der Waals surface area contributed by atoms with Crippen molar-refractivity contribution in [1.82, 2.24) is 4.57 Å². The van der Waals surface area contributed by atoms with Crippen molar-refractivity contribution < 1.29 is 10.0 Å². The van der Waals surface area contributed by atoms with Gasteiger partial charge in [-0.3, -0.25) is 0 Å². The zero-order chi connectivity index (χ0) is 20.4. The Morgan fingerprint density at radius 1 is 0.700 bits per heavy atom. The molecule has 2 N–H and O–H groups in total. The maximum Gasteiger partial charge on any atom is 0.489 e. The van der Waals surface area contributed by atoms with Gasteiger partial charge in [-0.05, 0) is 53.0 Å². The van der Waals surface area contributed by atoms with Crippen molar-refractivity contribution in [2.75, 3.05) is 0 Å². The van der Waals surface area contributed by atoms with Crippen LogP contribution >= 0.6 is 11.3 Å². The fraction of sp³-hybridized carbons (Fsp3) is 0.0400. The molecule has 0 spiro atoms. The van der Waals surface area contributed by atoms with Crippen molar-refractivity contribution in [3.8, 4) is 11.1 Å². The molecule has 0 aliphatic carbocycles. The minimum atomic E-state index is -1.48. The van der Waals surface area contributed by atoms with Crippen molar-refractivity contribution in [3.05, 3.63) is 78.9 Å². The normalized spacial score (nSPS) is 11.8. The molecule has 0 bridgehead atoms. The van der Waals surface area contributed by atoms with Gasteiger partial charge in [-0.2, -0.15) is 0 Å². The molecule has 5 heteroatoms. The van der Waals surface area contributed by atoms with Gasteiger partial charge in [0.15, 0.2) is 0 Å². The van der Waals surface area contributed by atoms with E-state index >= 15 is 0 Å². The van der Waals surface area contributed by atoms with E-state index in [-0.39, 0.29) is 0 Å². The van der Waals surface area contributed by atoms with Crippen LogP contribution in [-0.4, -0.2) is 21.7 Å². The van der Waals surface area contributed by atoms with Gasteiger partial charge in [-0.1, -0.05) is 42.5 Å². The van der Waals surface area contributed by atoms with Gasteiger partial charge in [-0.25, -0.2) is 0 Å². The number of hydrogen-bond donors (Lipinski definition) is 2. The zero-order valence-corrected chi connectivity index (χ0v) is 17.1. The van der Waals surface area contributed by atoms with Gasteiger partial charge in [0.25, 0.3) is 0 Å². The monoisotopic (exact) mass is 407 g/mol. The summed E-state index contributed by atoms with van der Waals surface area (Å²) in [5.41, 5.74) is 5.28. The van der Waals surface area contributed by atoms with Crippen LogP contribution in [0.1, 0.15) is 0 Å².